The molecule has 0 bridgehead atoms. The lowest BCUT2D eigenvalue weighted by Crippen LogP contribution is -2.47. The minimum absolute atomic E-state index is 0.0596. The zero-order chi connectivity index (χ0) is 17.8. The van der Waals surface area contributed by atoms with Crippen molar-refractivity contribution in [2.24, 2.45) is 0 Å². The SMILES string of the molecule is O=C(NC1CCN(C(=O)c2ccc[nH]c2=O)CC1)c1ccc(F)cc1. The smallest absolute Gasteiger partial charge is 0.260 e. The first-order valence-electron chi connectivity index (χ1n) is 8.08. The predicted octanol–water partition coefficient (Wildman–Crippen LogP) is 1.55. The van der Waals surface area contributed by atoms with Gasteiger partial charge < -0.3 is 15.2 Å². The van der Waals surface area contributed by atoms with Gasteiger partial charge in [0.1, 0.15) is 11.4 Å². The summed E-state index contributed by atoms with van der Waals surface area (Å²) in [5.41, 5.74) is 0.117. The fraction of sp³-hybridized carbons (Fsp3) is 0.278. The van der Waals surface area contributed by atoms with E-state index in [2.05, 4.69) is 10.3 Å². The van der Waals surface area contributed by atoms with Crippen molar-refractivity contribution in [1.82, 2.24) is 15.2 Å². The number of rotatable bonds is 3. The van der Waals surface area contributed by atoms with Crippen molar-refractivity contribution in [2.45, 2.75) is 18.9 Å². The topological polar surface area (TPSA) is 82.3 Å². The molecular weight excluding hydrogens is 325 g/mol. The first-order valence-corrected chi connectivity index (χ1v) is 8.08. The molecule has 1 aromatic heterocycles. The zero-order valence-electron chi connectivity index (χ0n) is 13.5. The fourth-order valence-electron chi connectivity index (χ4n) is 2.86. The average molecular weight is 343 g/mol. The van der Waals surface area contributed by atoms with Crippen LogP contribution in [0.15, 0.2) is 47.4 Å². The van der Waals surface area contributed by atoms with E-state index in [-0.39, 0.29) is 29.2 Å². The third-order valence-electron chi connectivity index (χ3n) is 4.27. The monoisotopic (exact) mass is 343 g/mol. The third-order valence-corrected chi connectivity index (χ3v) is 4.27. The maximum Gasteiger partial charge on any atom is 0.260 e. The number of aromatic amines is 1. The van der Waals surface area contributed by atoms with Crippen LogP contribution >= 0.6 is 0 Å². The van der Waals surface area contributed by atoms with Crippen LogP contribution in [0.4, 0.5) is 4.39 Å². The summed E-state index contributed by atoms with van der Waals surface area (Å²) in [6.45, 7) is 0.920. The molecule has 2 N–H and O–H groups in total. The van der Waals surface area contributed by atoms with Crippen LogP contribution < -0.4 is 10.9 Å². The summed E-state index contributed by atoms with van der Waals surface area (Å²) in [5, 5.41) is 2.90. The van der Waals surface area contributed by atoms with Gasteiger partial charge in [-0.3, -0.25) is 14.4 Å². The van der Waals surface area contributed by atoms with Gasteiger partial charge in [-0.25, -0.2) is 4.39 Å². The Bertz CT molecular complexity index is 824. The lowest BCUT2D eigenvalue weighted by molar-refractivity contribution is 0.0696. The number of H-pyrrole nitrogens is 1. The summed E-state index contributed by atoms with van der Waals surface area (Å²) in [4.78, 5) is 40.3. The lowest BCUT2D eigenvalue weighted by atomic mass is 10.0. The second-order valence-corrected chi connectivity index (χ2v) is 5.96. The highest BCUT2D eigenvalue weighted by Gasteiger charge is 2.26. The van der Waals surface area contributed by atoms with Crippen LogP contribution in [0.25, 0.3) is 0 Å². The molecule has 0 unspecified atom stereocenters. The number of halogens is 1. The molecule has 1 fully saturated rings. The molecule has 0 radical (unpaired) electrons. The summed E-state index contributed by atoms with van der Waals surface area (Å²) in [5.74, 6) is -0.950. The minimum atomic E-state index is -0.403. The van der Waals surface area contributed by atoms with Crippen LogP contribution in [0.1, 0.15) is 33.6 Å². The number of aromatic nitrogens is 1. The van der Waals surface area contributed by atoms with E-state index in [1.807, 2.05) is 0 Å². The molecule has 2 aromatic rings. The first-order chi connectivity index (χ1) is 12.0. The fourth-order valence-corrected chi connectivity index (χ4v) is 2.86. The average Bonchev–Trinajstić information content (AvgIpc) is 2.63. The molecule has 25 heavy (non-hydrogen) atoms. The van der Waals surface area contributed by atoms with Crippen LogP contribution in [-0.4, -0.2) is 40.8 Å². The van der Waals surface area contributed by atoms with Crippen LogP contribution in [0.5, 0.6) is 0 Å². The number of amides is 2. The van der Waals surface area contributed by atoms with Crippen molar-refractivity contribution in [3.05, 3.63) is 69.9 Å². The Kier molecular flexibility index (Phi) is 4.92. The standard InChI is InChI=1S/C18H18FN3O3/c19-13-5-3-12(4-6-13)16(23)21-14-7-10-22(11-8-14)18(25)15-2-1-9-20-17(15)24/h1-6,9,14H,7-8,10-11H2,(H,20,24)(H,21,23). The van der Waals surface area contributed by atoms with Crippen molar-refractivity contribution in [1.29, 1.82) is 0 Å². The van der Waals surface area contributed by atoms with Gasteiger partial charge in [0, 0.05) is 30.9 Å². The number of piperidine rings is 1. The quantitative estimate of drug-likeness (QED) is 0.887. The second kappa shape index (κ2) is 7.29. The maximum absolute atomic E-state index is 12.9. The normalized spacial score (nSPS) is 15.0. The summed E-state index contributed by atoms with van der Waals surface area (Å²) in [6.07, 6.45) is 2.68. The molecule has 3 rings (SSSR count). The van der Waals surface area contributed by atoms with Gasteiger partial charge in [-0.05, 0) is 49.2 Å². The highest BCUT2D eigenvalue weighted by Crippen LogP contribution is 2.13. The number of likely N-dealkylation sites (tertiary alicyclic amines) is 1. The van der Waals surface area contributed by atoms with Crippen molar-refractivity contribution < 1.29 is 14.0 Å². The number of nitrogens with one attached hydrogen (secondary N) is 2. The molecule has 6 nitrogen and oxygen atoms in total. The number of carbonyl (C=O) groups is 2. The molecule has 0 atom stereocenters. The summed E-state index contributed by atoms with van der Waals surface area (Å²) < 4.78 is 12.9. The molecule has 2 heterocycles. The Morgan fingerprint density at radius 2 is 1.80 bits per heavy atom. The summed E-state index contributed by atoms with van der Waals surface area (Å²) in [7, 11) is 0. The van der Waals surface area contributed by atoms with Gasteiger partial charge in [-0.2, -0.15) is 0 Å². The van der Waals surface area contributed by atoms with E-state index in [0.717, 1.165) is 0 Å². The minimum Gasteiger partial charge on any atom is -0.349 e. The molecule has 7 heteroatoms. The molecule has 1 aromatic carbocycles. The van der Waals surface area contributed by atoms with Gasteiger partial charge in [0.15, 0.2) is 0 Å². The van der Waals surface area contributed by atoms with Gasteiger partial charge in [0.2, 0.25) is 0 Å². The Balaban J connectivity index is 1.56. The van der Waals surface area contributed by atoms with Gasteiger partial charge in [-0.15, -0.1) is 0 Å². The van der Waals surface area contributed by atoms with Crippen molar-refractivity contribution in [2.75, 3.05) is 13.1 Å². The van der Waals surface area contributed by atoms with Crippen molar-refractivity contribution >= 4 is 11.8 Å². The van der Waals surface area contributed by atoms with Gasteiger partial charge in [0.05, 0.1) is 0 Å². The molecule has 0 saturated carbocycles. The number of carbonyl (C=O) groups excluding carboxylic acids is 2. The van der Waals surface area contributed by atoms with Crippen LogP contribution in [0.2, 0.25) is 0 Å². The van der Waals surface area contributed by atoms with E-state index in [1.165, 1.54) is 36.5 Å². The number of benzene rings is 1. The van der Waals surface area contributed by atoms with E-state index >= 15 is 0 Å². The molecule has 130 valence electrons. The number of nitrogens with zero attached hydrogens (tertiary/aromatic N) is 1. The van der Waals surface area contributed by atoms with Crippen LogP contribution in [0.3, 0.4) is 0 Å². The largest absolute Gasteiger partial charge is 0.349 e. The molecule has 1 aliphatic rings. The second-order valence-electron chi connectivity index (χ2n) is 5.96. The summed E-state index contributed by atoms with van der Waals surface area (Å²) in [6, 6.07) is 8.42. The number of pyridine rings is 1. The molecule has 1 saturated heterocycles. The van der Waals surface area contributed by atoms with E-state index < -0.39 is 5.56 Å². The lowest BCUT2D eigenvalue weighted by Gasteiger charge is -2.32. The molecule has 2 amide bonds. The molecular formula is C18H18FN3O3. The number of hydrogen-bond acceptors (Lipinski definition) is 3. The van der Waals surface area contributed by atoms with Gasteiger partial charge in [-0.1, -0.05) is 0 Å². The Hall–Kier alpha value is -2.96. The maximum atomic E-state index is 12.9. The summed E-state index contributed by atoms with van der Waals surface area (Å²) >= 11 is 0. The Labute approximate surface area is 143 Å². The van der Waals surface area contributed by atoms with E-state index in [0.29, 0.717) is 31.5 Å². The van der Waals surface area contributed by atoms with Crippen molar-refractivity contribution in [3.8, 4) is 0 Å². The molecule has 0 aliphatic carbocycles. The van der Waals surface area contributed by atoms with Gasteiger partial charge in [0.25, 0.3) is 17.4 Å². The van der Waals surface area contributed by atoms with E-state index in [9.17, 15) is 18.8 Å². The molecule has 1 aliphatic heterocycles. The first kappa shape index (κ1) is 16.9. The highest BCUT2D eigenvalue weighted by atomic mass is 19.1. The van der Waals surface area contributed by atoms with Crippen LogP contribution in [0, 0.1) is 5.82 Å². The van der Waals surface area contributed by atoms with Crippen molar-refractivity contribution in [3.63, 3.8) is 0 Å². The van der Waals surface area contributed by atoms with Gasteiger partial charge >= 0.3 is 0 Å². The zero-order valence-corrected chi connectivity index (χ0v) is 13.5. The highest BCUT2D eigenvalue weighted by molar-refractivity contribution is 5.95. The van der Waals surface area contributed by atoms with E-state index in [1.54, 1.807) is 11.0 Å². The molecule has 0 spiro atoms. The van der Waals surface area contributed by atoms with E-state index in [4.69, 9.17) is 0 Å². The Morgan fingerprint density at radius 3 is 2.44 bits per heavy atom. The third kappa shape index (κ3) is 3.93. The predicted molar refractivity (Wildman–Crippen MR) is 89.9 cm³/mol. The number of hydrogen-bond donors (Lipinski definition) is 2. The Morgan fingerprint density at radius 1 is 1.12 bits per heavy atom. The van der Waals surface area contributed by atoms with Crippen LogP contribution in [-0.2, 0) is 0 Å².